The van der Waals surface area contributed by atoms with Gasteiger partial charge in [0.25, 0.3) is 11.1 Å². The van der Waals surface area contributed by atoms with E-state index in [-0.39, 0.29) is 11.7 Å². The molecule has 0 fully saturated rings. The molecule has 134 valence electrons. The van der Waals surface area contributed by atoms with Crippen LogP contribution in [0, 0.1) is 6.92 Å². The Balaban J connectivity index is 1.62. The van der Waals surface area contributed by atoms with Crippen molar-refractivity contribution in [2.45, 2.75) is 12.1 Å². The Morgan fingerprint density at radius 1 is 1.35 bits per heavy atom. The summed E-state index contributed by atoms with van der Waals surface area (Å²) in [6, 6.07) is 8.82. The van der Waals surface area contributed by atoms with Crippen LogP contribution in [0.5, 0.6) is 5.75 Å². The van der Waals surface area contributed by atoms with Crippen LogP contribution in [0.25, 0.3) is 11.6 Å². The normalized spacial score (nSPS) is 10.6. The molecular formula is C17H15ClN4O3S. The van der Waals surface area contributed by atoms with E-state index in [0.717, 1.165) is 17.3 Å². The Morgan fingerprint density at radius 3 is 2.92 bits per heavy atom. The molecule has 2 aromatic heterocycles. The highest BCUT2D eigenvalue weighted by Crippen LogP contribution is 2.31. The highest BCUT2D eigenvalue weighted by Gasteiger charge is 2.14. The number of nitrogens with one attached hydrogen (secondary N) is 1. The average molecular weight is 391 g/mol. The van der Waals surface area contributed by atoms with Crippen LogP contribution >= 0.6 is 23.4 Å². The Kier molecular flexibility index (Phi) is 5.75. The third-order valence-electron chi connectivity index (χ3n) is 3.37. The Morgan fingerprint density at radius 2 is 2.19 bits per heavy atom. The van der Waals surface area contributed by atoms with Crippen LogP contribution in [0.2, 0.25) is 5.02 Å². The molecule has 0 unspecified atom stereocenters. The van der Waals surface area contributed by atoms with Crippen LogP contribution in [0.4, 0.5) is 5.69 Å². The lowest BCUT2D eigenvalue weighted by molar-refractivity contribution is -0.113. The molecule has 1 aromatic carbocycles. The quantitative estimate of drug-likeness (QED) is 0.639. The van der Waals surface area contributed by atoms with E-state index in [1.54, 1.807) is 30.5 Å². The summed E-state index contributed by atoms with van der Waals surface area (Å²) < 4.78 is 10.7. The first kappa shape index (κ1) is 18.2. The third-order valence-corrected chi connectivity index (χ3v) is 4.60. The van der Waals surface area contributed by atoms with Gasteiger partial charge in [-0.05, 0) is 30.7 Å². The van der Waals surface area contributed by atoms with Crippen molar-refractivity contribution < 1.29 is 13.9 Å². The second-order valence-electron chi connectivity index (χ2n) is 5.23. The number of halogens is 1. The summed E-state index contributed by atoms with van der Waals surface area (Å²) in [7, 11) is 1.52. The van der Waals surface area contributed by atoms with Gasteiger partial charge in [0.15, 0.2) is 0 Å². The molecule has 9 heteroatoms. The molecule has 0 radical (unpaired) electrons. The van der Waals surface area contributed by atoms with E-state index in [4.69, 9.17) is 20.8 Å². The van der Waals surface area contributed by atoms with Crippen LogP contribution in [-0.2, 0) is 4.79 Å². The van der Waals surface area contributed by atoms with E-state index in [1.807, 2.05) is 13.0 Å². The van der Waals surface area contributed by atoms with Gasteiger partial charge in [-0.2, -0.15) is 0 Å². The average Bonchev–Trinajstić information content (AvgIpc) is 3.12. The number of ether oxygens (including phenoxy) is 1. The molecule has 26 heavy (non-hydrogen) atoms. The number of pyridine rings is 1. The summed E-state index contributed by atoms with van der Waals surface area (Å²) in [5.41, 5.74) is 1.98. The molecule has 0 saturated heterocycles. The van der Waals surface area contributed by atoms with Gasteiger partial charge >= 0.3 is 0 Å². The fourth-order valence-electron chi connectivity index (χ4n) is 2.10. The summed E-state index contributed by atoms with van der Waals surface area (Å²) in [5, 5.41) is 11.5. The fraction of sp³-hybridized carbons (Fsp3) is 0.176. The molecule has 0 bridgehead atoms. The van der Waals surface area contributed by atoms with Gasteiger partial charge < -0.3 is 14.5 Å². The zero-order chi connectivity index (χ0) is 18.5. The zero-order valence-electron chi connectivity index (χ0n) is 14.0. The van der Waals surface area contributed by atoms with Crippen molar-refractivity contribution in [1.82, 2.24) is 15.2 Å². The summed E-state index contributed by atoms with van der Waals surface area (Å²) in [6.07, 6.45) is 1.64. The standard InChI is InChI=1S/C17H15ClN4O3S/c1-10-7-13(14(24-2)8-11(10)18)20-15(23)9-26-17-22-21-16(25-17)12-5-3-4-6-19-12/h3-8H,9H2,1-2H3,(H,20,23). The molecule has 2 heterocycles. The first-order chi connectivity index (χ1) is 12.6. The van der Waals surface area contributed by atoms with Crippen LogP contribution in [0.1, 0.15) is 5.56 Å². The molecular weight excluding hydrogens is 376 g/mol. The molecule has 0 saturated carbocycles. The van der Waals surface area contributed by atoms with Gasteiger partial charge in [-0.25, -0.2) is 0 Å². The molecule has 7 nitrogen and oxygen atoms in total. The Hall–Kier alpha value is -2.58. The predicted molar refractivity (Wildman–Crippen MR) is 99.6 cm³/mol. The largest absolute Gasteiger partial charge is 0.495 e. The lowest BCUT2D eigenvalue weighted by Gasteiger charge is -2.11. The SMILES string of the molecule is COc1cc(Cl)c(C)cc1NC(=O)CSc1nnc(-c2ccccn2)o1. The maximum absolute atomic E-state index is 12.2. The number of hydrogen-bond acceptors (Lipinski definition) is 7. The van der Waals surface area contributed by atoms with Gasteiger partial charge in [0.2, 0.25) is 5.91 Å². The first-order valence-corrected chi connectivity index (χ1v) is 8.95. The first-order valence-electron chi connectivity index (χ1n) is 7.58. The second-order valence-corrected chi connectivity index (χ2v) is 6.56. The topological polar surface area (TPSA) is 90.1 Å². The van der Waals surface area contributed by atoms with Gasteiger partial charge in [-0.15, -0.1) is 10.2 Å². The lowest BCUT2D eigenvalue weighted by atomic mass is 10.2. The van der Waals surface area contributed by atoms with Crippen molar-refractivity contribution in [2.75, 3.05) is 18.2 Å². The van der Waals surface area contributed by atoms with Gasteiger partial charge in [-0.1, -0.05) is 29.4 Å². The number of amides is 1. The molecule has 1 N–H and O–H groups in total. The van der Waals surface area contributed by atoms with Crippen LogP contribution in [0.15, 0.2) is 46.2 Å². The minimum atomic E-state index is -0.229. The maximum atomic E-state index is 12.2. The monoisotopic (exact) mass is 390 g/mol. The third kappa shape index (κ3) is 4.33. The van der Waals surface area contributed by atoms with E-state index < -0.39 is 0 Å². The van der Waals surface area contributed by atoms with Gasteiger partial charge in [0.1, 0.15) is 11.4 Å². The van der Waals surface area contributed by atoms with Crippen LogP contribution in [0.3, 0.4) is 0 Å². The predicted octanol–water partition coefficient (Wildman–Crippen LogP) is 3.83. The number of thioether (sulfide) groups is 1. The number of methoxy groups -OCH3 is 1. The second kappa shape index (κ2) is 8.20. The molecule has 0 spiro atoms. The van der Waals surface area contributed by atoms with E-state index in [9.17, 15) is 4.79 Å². The number of rotatable bonds is 6. The van der Waals surface area contributed by atoms with Crippen LogP contribution < -0.4 is 10.1 Å². The molecule has 3 aromatic rings. The highest BCUT2D eigenvalue weighted by atomic mass is 35.5. The minimum absolute atomic E-state index is 0.106. The molecule has 0 aliphatic heterocycles. The molecule has 0 atom stereocenters. The van der Waals surface area contributed by atoms with E-state index in [0.29, 0.717) is 33.3 Å². The van der Waals surface area contributed by atoms with Gasteiger partial charge in [0.05, 0.1) is 18.6 Å². The number of carbonyl (C=O) groups is 1. The molecule has 3 rings (SSSR count). The number of aromatic nitrogens is 3. The number of nitrogens with zero attached hydrogens (tertiary/aromatic N) is 3. The Bertz CT molecular complexity index is 918. The minimum Gasteiger partial charge on any atom is -0.495 e. The zero-order valence-corrected chi connectivity index (χ0v) is 15.6. The molecule has 1 amide bonds. The fourth-order valence-corrected chi connectivity index (χ4v) is 2.82. The van der Waals surface area contributed by atoms with Crippen molar-refractivity contribution in [2.24, 2.45) is 0 Å². The number of hydrogen-bond donors (Lipinski definition) is 1. The maximum Gasteiger partial charge on any atom is 0.277 e. The summed E-state index contributed by atoms with van der Waals surface area (Å²) in [5.74, 6) is 0.680. The van der Waals surface area contributed by atoms with Crippen molar-refractivity contribution >= 4 is 35.0 Å². The van der Waals surface area contributed by atoms with E-state index >= 15 is 0 Å². The molecule has 0 aliphatic carbocycles. The smallest absolute Gasteiger partial charge is 0.277 e. The van der Waals surface area contributed by atoms with E-state index in [1.165, 1.54) is 7.11 Å². The van der Waals surface area contributed by atoms with Crippen molar-refractivity contribution in [3.8, 4) is 17.3 Å². The van der Waals surface area contributed by atoms with Crippen molar-refractivity contribution in [1.29, 1.82) is 0 Å². The summed E-state index contributed by atoms with van der Waals surface area (Å²) >= 11 is 7.20. The lowest BCUT2D eigenvalue weighted by Crippen LogP contribution is -2.15. The number of carbonyl (C=O) groups excluding carboxylic acids is 1. The van der Waals surface area contributed by atoms with Gasteiger partial charge in [0, 0.05) is 17.3 Å². The number of anilines is 1. The van der Waals surface area contributed by atoms with Gasteiger partial charge in [-0.3, -0.25) is 9.78 Å². The summed E-state index contributed by atoms with van der Waals surface area (Å²) in [4.78, 5) is 16.3. The molecule has 0 aliphatic rings. The Labute approximate surface area is 159 Å². The van der Waals surface area contributed by atoms with Crippen molar-refractivity contribution in [3.05, 3.63) is 47.1 Å². The summed E-state index contributed by atoms with van der Waals surface area (Å²) in [6.45, 7) is 1.85. The van der Waals surface area contributed by atoms with Crippen molar-refractivity contribution in [3.63, 3.8) is 0 Å². The highest BCUT2D eigenvalue weighted by molar-refractivity contribution is 7.99. The van der Waals surface area contributed by atoms with Crippen LogP contribution in [-0.4, -0.2) is 34.0 Å². The number of aryl methyl sites for hydroxylation is 1. The number of benzene rings is 1. The van der Waals surface area contributed by atoms with E-state index in [2.05, 4.69) is 20.5 Å².